The van der Waals surface area contributed by atoms with Crippen molar-refractivity contribution in [2.45, 2.75) is 31.7 Å². The van der Waals surface area contributed by atoms with Gasteiger partial charge in [0.05, 0.1) is 5.92 Å². The number of benzene rings is 1. The van der Waals surface area contributed by atoms with Crippen LogP contribution in [0.3, 0.4) is 0 Å². The third-order valence-electron chi connectivity index (χ3n) is 3.55. The minimum Gasteiger partial charge on any atom is -0.481 e. The number of ether oxygens (including phenoxy) is 1. The molecule has 106 valence electrons. The van der Waals surface area contributed by atoms with E-state index in [1.807, 2.05) is 18.2 Å². The number of nitrogens with one attached hydrogen (secondary N) is 1. The number of carboxylic acid groups (broad SMARTS) is 1. The van der Waals surface area contributed by atoms with E-state index in [4.69, 9.17) is 15.1 Å². The number of carbonyl (C=O) groups is 1. The largest absolute Gasteiger partial charge is 0.481 e. The van der Waals surface area contributed by atoms with Crippen LogP contribution in [0, 0.1) is 17.2 Å². The zero-order chi connectivity index (χ0) is 14.4. The van der Waals surface area contributed by atoms with Gasteiger partial charge in [0.25, 0.3) is 0 Å². The Labute approximate surface area is 118 Å². The van der Waals surface area contributed by atoms with Gasteiger partial charge < -0.3 is 15.2 Å². The van der Waals surface area contributed by atoms with E-state index in [1.54, 1.807) is 12.1 Å². The molecule has 0 saturated heterocycles. The molecule has 1 aromatic carbocycles. The molecule has 1 saturated carbocycles. The van der Waals surface area contributed by atoms with Gasteiger partial charge in [0.2, 0.25) is 0 Å². The lowest BCUT2D eigenvalue weighted by atomic mass is 9.85. The second kappa shape index (κ2) is 6.80. The van der Waals surface area contributed by atoms with Gasteiger partial charge in [-0.15, -0.1) is 0 Å². The summed E-state index contributed by atoms with van der Waals surface area (Å²) in [6.45, 7) is 0.0374. The Kier molecular flexibility index (Phi) is 4.83. The molecule has 1 aliphatic carbocycles. The fraction of sp³-hybridized carbons (Fsp3) is 0.467. The van der Waals surface area contributed by atoms with Crippen molar-refractivity contribution in [3.63, 3.8) is 0 Å². The normalized spacial score (nSPS) is 21.8. The Morgan fingerprint density at radius 2 is 2.15 bits per heavy atom. The molecule has 2 unspecified atom stereocenters. The number of nitriles is 1. The molecule has 0 aliphatic heterocycles. The predicted molar refractivity (Wildman–Crippen MR) is 74.6 cm³/mol. The molecule has 0 bridgehead atoms. The maximum Gasteiger partial charge on any atom is 0.306 e. The van der Waals surface area contributed by atoms with Crippen molar-refractivity contribution in [1.82, 2.24) is 0 Å². The molecule has 5 nitrogen and oxygen atoms in total. The zero-order valence-corrected chi connectivity index (χ0v) is 11.2. The molecule has 0 amide bonds. The van der Waals surface area contributed by atoms with Gasteiger partial charge in [-0.05, 0) is 43.5 Å². The third-order valence-corrected chi connectivity index (χ3v) is 3.55. The topological polar surface area (TPSA) is 82.3 Å². The fourth-order valence-electron chi connectivity index (χ4n) is 2.54. The van der Waals surface area contributed by atoms with Crippen LogP contribution in [0.25, 0.3) is 0 Å². The Balaban J connectivity index is 1.89. The highest BCUT2D eigenvalue weighted by Crippen LogP contribution is 2.27. The quantitative estimate of drug-likeness (QED) is 0.862. The lowest BCUT2D eigenvalue weighted by molar-refractivity contribution is -0.142. The van der Waals surface area contributed by atoms with E-state index in [9.17, 15) is 4.79 Å². The summed E-state index contributed by atoms with van der Waals surface area (Å²) in [6, 6.07) is 9.50. The summed E-state index contributed by atoms with van der Waals surface area (Å²) >= 11 is 0. The minimum absolute atomic E-state index is 0.0374. The molecule has 2 rings (SSSR count). The molecule has 2 atom stereocenters. The molecule has 1 fully saturated rings. The van der Waals surface area contributed by atoms with Crippen molar-refractivity contribution in [3.8, 4) is 11.8 Å². The smallest absolute Gasteiger partial charge is 0.306 e. The Morgan fingerprint density at radius 3 is 2.80 bits per heavy atom. The lowest BCUT2D eigenvalue weighted by Crippen LogP contribution is -2.30. The van der Waals surface area contributed by atoms with Gasteiger partial charge in [0.15, 0.2) is 6.61 Å². The summed E-state index contributed by atoms with van der Waals surface area (Å²) in [5, 5.41) is 20.9. The molecule has 0 aromatic heterocycles. The average molecular weight is 274 g/mol. The lowest BCUT2D eigenvalue weighted by Gasteiger charge is -2.28. The average Bonchev–Trinajstić information content (AvgIpc) is 2.47. The van der Waals surface area contributed by atoms with Gasteiger partial charge in [-0.25, -0.2) is 0 Å². The molecular weight excluding hydrogens is 256 g/mol. The van der Waals surface area contributed by atoms with Crippen molar-refractivity contribution in [3.05, 3.63) is 24.3 Å². The molecule has 1 aliphatic rings. The predicted octanol–water partition coefficient (Wildman–Crippen LogP) is 2.64. The number of rotatable bonds is 5. The molecule has 5 heteroatoms. The van der Waals surface area contributed by atoms with Crippen LogP contribution < -0.4 is 10.1 Å². The van der Waals surface area contributed by atoms with Crippen LogP contribution in [-0.4, -0.2) is 23.7 Å². The number of nitrogens with zero attached hydrogens (tertiary/aromatic N) is 1. The molecular formula is C15H18N2O3. The zero-order valence-electron chi connectivity index (χ0n) is 11.2. The first kappa shape index (κ1) is 14.2. The SMILES string of the molecule is N#CCOc1ccc(NC2CCCC(C(=O)O)C2)cc1. The van der Waals surface area contributed by atoms with Crippen LogP contribution in [0.15, 0.2) is 24.3 Å². The molecule has 2 N–H and O–H groups in total. The van der Waals surface area contributed by atoms with Crippen LogP contribution in [0.1, 0.15) is 25.7 Å². The van der Waals surface area contributed by atoms with Crippen molar-refractivity contribution < 1.29 is 14.6 Å². The number of hydrogen-bond acceptors (Lipinski definition) is 4. The van der Waals surface area contributed by atoms with Crippen LogP contribution in [-0.2, 0) is 4.79 Å². The monoisotopic (exact) mass is 274 g/mol. The van der Waals surface area contributed by atoms with Gasteiger partial charge >= 0.3 is 5.97 Å². The molecule has 0 heterocycles. The second-order valence-electron chi connectivity index (χ2n) is 5.01. The van der Waals surface area contributed by atoms with Crippen LogP contribution in [0.5, 0.6) is 5.75 Å². The highest BCUT2D eigenvalue weighted by atomic mass is 16.5. The Hall–Kier alpha value is -2.22. The van der Waals surface area contributed by atoms with Crippen molar-refractivity contribution in [1.29, 1.82) is 5.26 Å². The summed E-state index contributed by atoms with van der Waals surface area (Å²) in [5.41, 5.74) is 0.949. The molecule has 1 aromatic rings. The van der Waals surface area contributed by atoms with Crippen molar-refractivity contribution in [2.24, 2.45) is 5.92 Å². The summed E-state index contributed by atoms with van der Waals surface area (Å²) in [4.78, 5) is 11.0. The molecule has 0 spiro atoms. The van der Waals surface area contributed by atoms with E-state index >= 15 is 0 Å². The van der Waals surface area contributed by atoms with Crippen molar-refractivity contribution >= 4 is 11.7 Å². The maximum absolute atomic E-state index is 11.0. The van der Waals surface area contributed by atoms with Gasteiger partial charge in [0, 0.05) is 11.7 Å². The summed E-state index contributed by atoms with van der Waals surface area (Å²) in [7, 11) is 0. The maximum atomic E-state index is 11.0. The van der Waals surface area contributed by atoms with E-state index in [0.29, 0.717) is 12.2 Å². The molecule has 20 heavy (non-hydrogen) atoms. The summed E-state index contributed by atoms with van der Waals surface area (Å²) in [5.74, 6) is -0.277. The first-order valence-electron chi connectivity index (χ1n) is 6.78. The first-order chi connectivity index (χ1) is 9.69. The molecule has 0 radical (unpaired) electrons. The number of anilines is 1. The number of aliphatic carboxylic acids is 1. The van der Waals surface area contributed by atoms with E-state index in [1.165, 1.54) is 0 Å². The fourth-order valence-corrected chi connectivity index (χ4v) is 2.54. The van der Waals surface area contributed by atoms with Gasteiger partial charge in [-0.3, -0.25) is 4.79 Å². The number of hydrogen-bond donors (Lipinski definition) is 2. The highest BCUT2D eigenvalue weighted by molar-refractivity contribution is 5.70. The second-order valence-corrected chi connectivity index (χ2v) is 5.01. The van der Waals surface area contributed by atoms with E-state index in [0.717, 1.165) is 24.9 Å². The van der Waals surface area contributed by atoms with Gasteiger partial charge in [-0.1, -0.05) is 6.42 Å². The Bertz CT molecular complexity index is 493. The van der Waals surface area contributed by atoms with Gasteiger partial charge in [0.1, 0.15) is 11.8 Å². The summed E-state index contributed by atoms with van der Waals surface area (Å²) < 4.78 is 5.18. The van der Waals surface area contributed by atoms with E-state index in [2.05, 4.69) is 5.32 Å². The summed E-state index contributed by atoms with van der Waals surface area (Å²) in [6.07, 6.45) is 3.38. The Morgan fingerprint density at radius 1 is 1.40 bits per heavy atom. The van der Waals surface area contributed by atoms with Crippen LogP contribution >= 0.6 is 0 Å². The third kappa shape index (κ3) is 3.89. The van der Waals surface area contributed by atoms with Crippen LogP contribution in [0.2, 0.25) is 0 Å². The van der Waals surface area contributed by atoms with E-state index in [-0.39, 0.29) is 18.6 Å². The van der Waals surface area contributed by atoms with E-state index < -0.39 is 5.97 Å². The minimum atomic E-state index is -0.697. The van der Waals surface area contributed by atoms with Gasteiger partial charge in [-0.2, -0.15) is 5.26 Å². The first-order valence-corrected chi connectivity index (χ1v) is 6.78. The highest BCUT2D eigenvalue weighted by Gasteiger charge is 2.26. The van der Waals surface area contributed by atoms with Crippen LogP contribution in [0.4, 0.5) is 5.69 Å². The standard InChI is InChI=1S/C15H18N2O3/c16-8-9-20-14-6-4-12(5-7-14)17-13-3-1-2-11(10-13)15(18)19/h4-7,11,13,17H,1-3,9-10H2,(H,18,19). The number of carboxylic acids is 1. The van der Waals surface area contributed by atoms with Crippen molar-refractivity contribution in [2.75, 3.05) is 11.9 Å².